The molecule has 8 nitrogen and oxygen atoms in total. The Morgan fingerprint density at radius 2 is 1.91 bits per heavy atom. The summed E-state index contributed by atoms with van der Waals surface area (Å²) in [4.78, 5) is 30.4. The van der Waals surface area contributed by atoms with Gasteiger partial charge in [-0.05, 0) is 44.2 Å². The molecule has 11 heteroatoms. The van der Waals surface area contributed by atoms with E-state index in [2.05, 4.69) is 15.1 Å². The molecule has 174 valence electrons. The number of benzene rings is 2. The Kier molecular flexibility index (Phi) is 5.64. The minimum Gasteiger partial charge on any atom is -0.371 e. The predicted molar refractivity (Wildman–Crippen MR) is 120 cm³/mol. The molecule has 0 bridgehead atoms. The van der Waals surface area contributed by atoms with Crippen molar-refractivity contribution in [1.29, 1.82) is 0 Å². The molecule has 1 amide bonds. The lowest BCUT2D eigenvalue weighted by molar-refractivity contribution is -0.137. The number of likely N-dealkylation sites (N-methyl/N-ethyl adjacent to an activating group) is 1. The van der Waals surface area contributed by atoms with Crippen molar-refractivity contribution in [2.24, 2.45) is 5.16 Å². The van der Waals surface area contributed by atoms with Gasteiger partial charge in [0.1, 0.15) is 0 Å². The molecule has 3 aromatic rings. The third kappa shape index (κ3) is 4.18. The number of fused-ring (bicyclic) bond motifs is 1. The Bertz CT molecular complexity index is 1220. The van der Waals surface area contributed by atoms with Crippen LogP contribution in [0.5, 0.6) is 0 Å². The zero-order valence-electron chi connectivity index (χ0n) is 18.5. The van der Waals surface area contributed by atoms with E-state index in [-0.39, 0.29) is 24.3 Å². The van der Waals surface area contributed by atoms with Gasteiger partial charge in [-0.1, -0.05) is 17.3 Å². The molecule has 4 rings (SSSR count). The number of carbonyl (C=O) groups excluding carboxylic acids is 1. The molecular weight excluding hydrogens is 437 g/mol. The summed E-state index contributed by atoms with van der Waals surface area (Å²) in [7, 11) is 3.44. The number of hydrogen-bond donors (Lipinski definition) is 1. The van der Waals surface area contributed by atoms with Crippen molar-refractivity contribution in [2.75, 3.05) is 35.5 Å². The molecule has 0 radical (unpaired) electrons. The average Bonchev–Trinajstić information content (AvgIpc) is 3.43. The van der Waals surface area contributed by atoms with Crippen molar-refractivity contribution in [2.45, 2.75) is 26.1 Å². The lowest BCUT2D eigenvalue weighted by atomic mass is 10.1. The standard InChI is InChI=1S/C22H23F3N6O2/c1-13(2)29(3)21-26-16-10-9-14(11-17(16)27-21)30(4)20(32)19-28-33-12-31(19)18-8-6-5-7-15(18)22(23,24)25/h5-11,13H,12H2,1-4H3,(H,26,27). The topological polar surface area (TPSA) is 77.1 Å². The van der Waals surface area contributed by atoms with Crippen LogP contribution in [0.2, 0.25) is 0 Å². The fraction of sp³-hybridized carbons (Fsp3) is 0.318. The number of halogens is 3. The first-order valence-corrected chi connectivity index (χ1v) is 10.2. The van der Waals surface area contributed by atoms with E-state index in [0.717, 1.165) is 22.0 Å². The molecule has 1 aliphatic rings. The number of amidine groups is 1. The number of oxime groups is 1. The molecule has 1 N–H and O–H groups in total. The van der Waals surface area contributed by atoms with Gasteiger partial charge >= 0.3 is 6.18 Å². The van der Waals surface area contributed by atoms with Crippen LogP contribution in [0.3, 0.4) is 0 Å². The van der Waals surface area contributed by atoms with Gasteiger partial charge in [0.25, 0.3) is 5.91 Å². The largest absolute Gasteiger partial charge is 0.418 e. The van der Waals surface area contributed by atoms with E-state index < -0.39 is 17.6 Å². The smallest absolute Gasteiger partial charge is 0.371 e. The van der Waals surface area contributed by atoms with Gasteiger partial charge in [0.2, 0.25) is 11.8 Å². The van der Waals surface area contributed by atoms with Crippen LogP contribution in [0, 0.1) is 0 Å². The Morgan fingerprint density at radius 3 is 2.61 bits per heavy atom. The number of H-pyrrole nitrogens is 1. The highest BCUT2D eigenvalue weighted by Gasteiger charge is 2.38. The Balaban J connectivity index is 1.62. The molecule has 2 aromatic carbocycles. The Hall–Kier alpha value is -3.76. The highest BCUT2D eigenvalue weighted by molar-refractivity contribution is 6.47. The molecule has 0 atom stereocenters. The maximum atomic E-state index is 13.5. The molecule has 0 unspecified atom stereocenters. The van der Waals surface area contributed by atoms with Crippen LogP contribution in [0.1, 0.15) is 19.4 Å². The number of alkyl halides is 3. The second-order valence-corrected chi connectivity index (χ2v) is 7.95. The number of rotatable bonds is 5. The minimum absolute atomic E-state index is 0.201. The van der Waals surface area contributed by atoms with Gasteiger partial charge in [-0.15, -0.1) is 0 Å². The highest BCUT2D eigenvalue weighted by atomic mass is 19.4. The van der Waals surface area contributed by atoms with Crippen molar-refractivity contribution in [3.63, 3.8) is 0 Å². The monoisotopic (exact) mass is 460 g/mol. The molecule has 0 saturated heterocycles. The number of carbonyl (C=O) groups is 1. The normalized spacial score (nSPS) is 13.9. The molecule has 1 aromatic heterocycles. The molecular formula is C22H23F3N6O2. The Labute approximate surface area is 188 Å². The number of hydrogen-bond acceptors (Lipinski definition) is 6. The van der Waals surface area contributed by atoms with Crippen molar-refractivity contribution in [1.82, 2.24) is 9.97 Å². The molecule has 0 saturated carbocycles. The van der Waals surface area contributed by atoms with E-state index in [1.165, 1.54) is 30.1 Å². The molecule has 1 aliphatic heterocycles. The minimum atomic E-state index is -4.59. The van der Waals surface area contributed by atoms with Gasteiger partial charge in [-0.25, -0.2) is 4.98 Å². The maximum Gasteiger partial charge on any atom is 0.418 e. The van der Waals surface area contributed by atoms with Crippen molar-refractivity contribution >= 4 is 40.1 Å². The third-order valence-electron chi connectivity index (χ3n) is 5.54. The van der Waals surface area contributed by atoms with E-state index in [9.17, 15) is 18.0 Å². The van der Waals surface area contributed by atoms with Gasteiger partial charge in [0.15, 0.2) is 6.73 Å². The van der Waals surface area contributed by atoms with E-state index in [1.54, 1.807) is 18.2 Å². The molecule has 0 aliphatic carbocycles. The number of aromatic nitrogens is 2. The van der Waals surface area contributed by atoms with Crippen LogP contribution >= 0.6 is 0 Å². The van der Waals surface area contributed by atoms with Crippen LogP contribution < -0.4 is 14.7 Å². The number of nitrogens with one attached hydrogen (secondary N) is 1. The van der Waals surface area contributed by atoms with Crippen LogP contribution in [-0.2, 0) is 15.8 Å². The van der Waals surface area contributed by atoms with E-state index in [1.807, 2.05) is 25.8 Å². The highest BCUT2D eigenvalue weighted by Crippen LogP contribution is 2.37. The summed E-state index contributed by atoms with van der Waals surface area (Å²) in [5.41, 5.74) is 0.893. The maximum absolute atomic E-state index is 13.5. The van der Waals surface area contributed by atoms with Gasteiger partial charge in [0.05, 0.1) is 22.3 Å². The summed E-state index contributed by atoms with van der Waals surface area (Å²) < 4.78 is 40.5. The van der Waals surface area contributed by atoms with Gasteiger partial charge < -0.3 is 19.6 Å². The van der Waals surface area contributed by atoms with E-state index in [4.69, 9.17) is 4.84 Å². The molecule has 33 heavy (non-hydrogen) atoms. The summed E-state index contributed by atoms with van der Waals surface area (Å²) in [6, 6.07) is 10.5. The molecule has 0 fully saturated rings. The predicted octanol–water partition coefficient (Wildman–Crippen LogP) is 4.20. The zero-order valence-corrected chi connectivity index (χ0v) is 18.5. The number of nitrogens with zero attached hydrogens (tertiary/aromatic N) is 5. The number of para-hydroxylation sites is 1. The van der Waals surface area contributed by atoms with Crippen LogP contribution in [0.15, 0.2) is 47.6 Å². The lowest BCUT2D eigenvalue weighted by Crippen LogP contribution is -2.42. The summed E-state index contributed by atoms with van der Waals surface area (Å²) in [5.74, 6) is -0.156. The van der Waals surface area contributed by atoms with Gasteiger partial charge in [-0.2, -0.15) is 13.2 Å². The Morgan fingerprint density at radius 1 is 1.18 bits per heavy atom. The van der Waals surface area contributed by atoms with Crippen molar-refractivity contribution in [3.05, 3.63) is 48.0 Å². The first-order chi connectivity index (χ1) is 15.6. The number of amides is 1. The second kappa shape index (κ2) is 8.30. The number of imidazole rings is 1. The summed E-state index contributed by atoms with van der Waals surface area (Å²) >= 11 is 0. The van der Waals surface area contributed by atoms with Crippen molar-refractivity contribution in [3.8, 4) is 0 Å². The van der Waals surface area contributed by atoms with Crippen LogP contribution in [-0.4, -0.2) is 48.6 Å². The van der Waals surface area contributed by atoms with Gasteiger partial charge in [0, 0.05) is 25.8 Å². The molecule has 0 spiro atoms. The fourth-order valence-electron chi connectivity index (χ4n) is 3.42. The fourth-order valence-corrected chi connectivity index (χ4v) is 3.42. The first kappa shape index (κ1) is 22.4. The summed E-state index contributed by atoms with van der Waals surface area (Å²) in [6.45, 7) is 3.78. The van der Waals surface area contributed by atoms with Crippen LogP contribution in [0.25, 0.3) is 11.0 Å². The van der Waals surface area contributed by atoms with Crippen molar-refractivity contribution < 1.29 is 22.8 Å². The van der Waals surface area contributed by atoms with Gasteiger partial charge in [-0.3, -0.25) is 9.69 Å². The zero-order chi connectivity index (χ0) is 23.9. The lowest BCUT2D eigenvalue weighted by Gasteiger charge is -2.24. The summed E-state index contributed by atoms with van der Waals surface area (Å²) in [5, 5.41) is 3.73. The van der Waals surface area contributed by atoms with E-state index in [0.29, 0.717) is 11.6 Å². The number of anilines is 3. The SMILES string of the molecule is CC(C)N(C)c1nc2ccc(N(C)C(=O)C3=NOCN3c3ccccc3C(F)(F)F)cc2[nH]1. The first-order valence-electron chi connectivity index (χ1n) is 10.2. The number of aromatic amines is 1. The van der Waals surface area contributed by atoms with E-state index >= 15 is 0 Å². The average molecular weight is 460 g/mol. The molecule has 2 heterocycles. The third-order valence-corrected chi connectivity index (χ3v) is 5.54. The second-order valence-electron chi connectivity index (χ2n) is 7.95. The summed E-state index contributed by atoms with van der Waals surface area (Å²) in [6.07, 6.45) is -4.59. The quantitative estimate of drug-likeness (QED) is 0.618. The van der Waals surface area contributed by atoms with Crippen LogP contribution in [0.4, 0.5) is 30.5 Å².